The Morgan fingerprint density at radius 1 is 0.840 bits per heavy atom. The van der Waals surface area contributed by atoms with Gasteiger partial charge in [0.05, 0.1) is 22.3 Å². The Bertz CT molecular complexity index is 2030. The number of rotatable bonds is 10. The second-order valence-electron chi connectivity index (χ2n) is 11.6. The summed E-state index contributed by atoms with van der Waals surface area (Å²) in [6, 6.07) is 29.7. The third kappa shape index (κ3) is 8.00. The summed E-state index contributed by atoms with van der Waals surface area (Å²) in [7, 11) is 0. The molecule has 1 fully saturated rings. The molecule has 258 valence electrons. The lowest BCUT2D eigenvalue weighted by atomic mass is 9.99. The molecule has 1 saturated heterocycles. The number of urea groups is 1. The summed E-state index contributed by atoms with van der Waals surface area (Å²) in [5.74, 6) is -3.03. The Balaban J connectivity index is 0.000000630. The third-order valence-corrected chi connectivity index (χ3v) is 8.08. The van der Waals surface area contributed by atoms with E-state index in [1.807, 2.05) is 78.9 Å². The van der Waals surface area contributed by atoms with Gasteiger partial charge >= 0.3 is 24.1 Å². The zero-order chi connectivity index (χ0) is 36.0. The molecule has 4 aromatic carbocycles. The van der Waals surface area contributed by atoms with Gasteiger partial charge in [-0.2, -0.15) is 13.2 Å². The maximum Gasteiger partial charge on any atom is 0.490 e. The van der Waals surface area contributed by atoms with E-state index in [-0.39, 0.29) is 24.0 Å². The van der Waals surface area contributed by atoms with Gasteiger partial charge in [-0.3, -0.25) is 4.79 Å². The molecule has 0 bridgehead atoms. The maximum absolute atomic E-state index is 13.4. The number of aryl methyl sites for hydroxylation is 1. The van der Waals surface area contributed by atoms with Gasteiger partial charge in [0.15, 0.2) is 0 Å². The van der Waals surface area contributed by atoms with Crippen LogP contribution in [0.4, 0.5) is 23.7 Å². The number of aliphatic carboxylic acids is 1. The number of nitrogens with zero attached hydrogens (tertiary/aromatic N) is 4. The van der Waals surface area contributed by atoms with Crippen LogP contribution in [0.2, 0.25) is 0 Å². The minimum Gasteiger partial charge on any atom is -0.478 e. The van der Waals surface area contributed by atoms with Gasteiger partial charge in [0.25, 0.3) is 5.91 Å². The number of imide groups is 1. The van der Waals surface area contributed by atoms with Crippen molar-refractivity contribution in [3.05, 3.63) is 120 Å². The number of benzene rings is 4. The zero-order valence-corrected chi connectivity index (χ0v) is 26.9. The minimum absolute atomic E-state index is 0.0319. The maximum atomic E-state index is 13.4. The number of halogens is 3. The smallest absolute Gasteiger partial charge is 0.478 e. The van der Waals surface area contributed by atoms with Crippen LogP contribution in [0.3, 0.4) is 0 Å². The summed E-state index contributed by atoms with van der Waals surface area (Å²) in [6.45, 7) is 3.09. The molecule has 2 N–H and O–H groups in total. The number of hydrogen-bond donors (Lipinski definition) is 2. The van der Waals surface area contributed by atoms with Gasteiger partial charge in [-0.1, -0.05) is 86.1 Å². The lowest BCUT2D eigenvalue weighted by Gasteiger charge is -2.17. The average Bonchev–Trinajstić information content (AvgIpc) is 3.58. The van der Waals surface area contributed by atoms with Crippen molar-refractivity contribution in [2.45, 2.75) is 45.5 Å². The lowest BCUT2D eigenvalue weighted by molar-refractivity contribution is -0.192. The summed E-state index contributed by atoms with van der Waals surface area (Å²) >= 11 is 0. The number of carbonyl (C=O) groups is 4. The van der Waals surface area contributed by atoms with Crippen molar-refractivity contribution in [2.75, 3.05) is 11.4 Å². The van der Waals surface area contributed by atoms with Gasteiger partial charge in [0, 0.05) is 19.5 Å². The highest BCUT2D eigenvalue weighted by Gasteiger charge is 2.38. The molecule has 0 atom stereocenters. The number of unbranched alkanes of at least 4 members (excludes halogenated alkanes) is 1. The fraction of sp³-hybridized carbons (Fsp3) is 0.216. The fourth-order valence-electron chi connectivity index (χ4n) is 5.63. The Hall–Kier alpha value is -5.98. The quantitative estimate of drug-likeness (QED) is 0.146. The molecule has 1 aromatic heterocycles. The van der Waals surface area contributed by atoms with Crippen molar-refractivity contribution < 1.29 is 42.6 Å². The fourth-order valence-corrected chi connectivity index (χ4v) is 5.63. The highest BCUT2D eigenvalue weighted by atomic mass is 19.4. The van der Waals surface area contributed by atoms with E-state index in [0.717, 1.165) is 52.8 Å². The lowest BCUT2D eigenvalue weighted by Crippen LogP contribution is -2.32. The summed E-state index contributed by atoms with van der Waals surface area (Å²) in [5.41, 5.74) is 5.95. The molecule has 6 rings (SSSR count). The first kappa shape index (κ1) is 35.3. The second-order valence-corrected chi connectivity index (χ2v) is 11.6. The number of hydrogen-bond acceptors (Lipinski definition) is 5. The average molecular weight is 687 g/mol. The Kier molecular flexibility index (Phi) is 10.6. The number of carboxylic acids is 2. The summed E-state index contributed by atoms with van der Waals surface area (Å²) < 4.78 is 33.9. The molecule has 0 unspecified atom stereocenters. The number of aromatic nitrogens is 2. The van der Waals surface area contributed by atoms with E-state index in [0.29, 0.717) is 24.3 Å². The SMILES string of the molecule is CCCCc1nc2ccc(N3C(=O)CN(Cc4ccccc4)C3=O)cc2n1Cc1ccc(-c2ccccc2C(=O)O)cc1.O=C(O)C(F)(F)F. The molecular weight excluding hydrogens is 653 g/mol. The van der Waals surface area contributed by atoms with Gasteiger partial charge in [-0.15, -0.1) is 0 Å². The van der Waals surface area contributed by atoms with Crippen molar-refractivity contribution >= 4 is 40.6 Å². The standard InChI is InChI=1S/C35H32N4O4.C2HF3O2/c1-2-3-13-32-36-30-19-18-27(39-33(40)23-37(35(39)43)21-24-9-5-4-6-10-24)20-31(30)38(32)22-25-14-16-26(17-15-25)28-11-7-8-12-29(28)34(41)42;3-2(4,5)1(6)7/h4-12,14-20H,2-3,13,21-23H2,1H3,(H,41,42);(H,6,7). The van der Waals surface area contributed by atoms with Crippen LogP contribution in [-0.4, -0.2) is 61.3 Å². The topological polar surface area (TPSA) is 133 Å². The van der Waals surface area contributed by atoms with Crippen molar-refractivity contribution in [1.82, 2.24) is 14.5 Å². The molecule has 1 aliphatic heterocycles. The number of aromatic carboxylic acids is 1. The Morgan fingerprint density at radius 2 is 1.48 bits per heavy atom. The molecule has 0 radical (unpaired) electrons. The normalized spacial score (nSPS) is 13.0. The Labute approximate surface area is 285 Å². The van der Waals surface area contributed by atoms with E-state index in [2.05, 4.69) is 11.5 Å². The van der Waals surface area contributed by atoms with Gasteiger partial charge in [-0.05, 0) is 52.9 Å². The molecule has 5 aromatic rings. The molecule has 10 nitrogen and oxygen atoms in total. The van der Waals surface area contributed by atoms with Crippen molar-refractivity contribution in [3.8, 4) is 11.1 Å². The third-order valence-electron chi connectivity index (χ3n) is 8.08. The number of amides is 3. The molecule has 1 aliphatic rings. The van der Waals surface area contributed by atoms with Crippen molar-refractivity contribution in [2.24, 2.45) is 0 Å². The van der Waals surface area contributed by atoms with Gasteiger partial charge in [0.2, 0.25) is 0 Å². The highest BCUT2D eigenvalue weighted by Crippen LogP contribution is 2.30. The molecule has 3 amide bonds. The summed E-state index contributed by atoms with van der Waals surface area (Å²) in [6.07, 6.45) is -2.27. The second kappa shape index (κ2) is 15.1. The summed E-state index contributed by atoms with van der Waals surface area (Å²) in [4.78, 5) is 54.8. The van der Waals surface area contributed by atoms with E-state index in [1.54, 1.807) is 23.1 Å². The van der Waals surface area contributed by atoms with Crippen LogP contribution in [0.5, 0.6) is 0 Å². The number of carbonyl (C=O) groups excluding carboxylic acids is 2. The molecule has 0 saturated carbocycles. The van der Waals surface area contributed by atoms with Crippen LogP contribution in [0.1, 0.15) is 47.1 Å². The molecule has 50 heavy (non-hydrogen) atoms. The monoisotopic (exact) mass is 686 g/mol. The predicted octanol–water partition coefficient (Wildman–Crippen LogP) is 7.39. The van der Waals surface area contributed by atoms with Crippen LogP contribution >= 0.6 is 0 Å². The van der Waals surface area contributed by atoms with E-state index in [4.69, 9.17) is 14.9 Å². The molecule has 13 heteroatoms. The minimum atomic E-state index is -5.08. The van der Waals surface area contributed by atoms with Crippen molar-refractivity contribution in [3.63, 3.8) is 0 Å². The number of imidazole rings is 1. The molecule has 0 aliphatic carbocycles. The van der Waals surface area contributed by atoms with Crippen LogP contribution in [0, 0.1) is 0 Å². The van der Waals surface area contributed by atoms with Crippen LogP contribution in [0.15, 0.2) is 97.1 Å². The first-order valence-corrected chi connectivity index (χ1v) is 15.7. The largest absolute Gasteiger partial charge is 0.490 e. The molecule has 0 spiro atoms. The zero-order valence-electron chi connectivity index (χ0n) is 26.9. The van der Waals surface area contributed by atoms with E-state index < -0.39 is 18.1 Å². The predicted molar refractivity (Wildman–Crippen MR) is 180 cm³/mol. The number of carboxylic acid groups (broad SMARTS) is 2. The van der Waals surface area contributed by atoms with Gasteiger partial charge in [-0.25, -0.2) is 24.3 Å². The highest BCUT2D eigenvalue weighted by molar-refractivity contribution is 6.20. The van der Waals surface area contributed by atoms with Crippen LogP contribution in [0.25, 0.3) is 22.2 Å². The van der Waals surface area contributed by atoms with Crippen molar-refractivity contribution in [1.29, 1.82) is 0 Å². The van der Waals surface area contributed by atoms with Gasteiger partial charge < -0.3 is 19.7 Å². The molecular formula is C37H33F3N4O6. The number of anilines is 1. The van der Waals surface area contributed by atoms with E-state index in [1.165, 1.54) is 4.90 Å². The molecule has 2 heterocycles. The summed E-state index contributed by atoms with van der Waals surface area (Å²) in [5, 5.41) is 16.7. The van der Waals surface area contributed by atoms with E-state index >= 15 is 0 Å². The van der Waals surface area contributed by atoms with Crippen LogP contribution < -0.4 is 4.90 Å². The Morgan fingerprint density at radius 3 is 2.12 bits per heavy atom. The number of fused-ring (bicyclic) bond motifs is 1. The first-order chi connectivity index (χ1) is 23.9. The van der Waals surface area contributed by atoms with Gasteiger partial charge in [0.1, 0.15) is 12.4 Å². The van der Waals surface area contributed by atoms with E-state index in [9.17, 15) is 32.7 Å². The number of alkyl halides is 3. The van der Waals surface area contributed by atoms with Crippen LogP contribution in [-0.2, 0) is 29.1 Å². The first-order valence-electron chi connectivity index (χ1n) is 15.7.